The molecule has 2 aromatic rings. The second-order valence-electron chi connectivity index (χ2n) is 3.21. The minimum Gasteiger partial charge on any atom is -0.458 e. The van der Waals surface area contributed by atoms with Gasteiger partial charge in [-0.2, -0.15) is 0 Å². The number of aryl methyl sites for hydroxylation is 1. The molecule has 0 fully saturated rings. The zero-order valence-electron chi connectivity index (χ0n) is 7.90. The van der Waals surface area contributed by atoms with Crippen molar-refractivity contribution in [3.63, 3.8) is 0 Å². The Balaban J connectivity index is 2.94. The largest absolute Gasteiger partial charge is 0.458 e. The van der Waals surface area contributed by atoms with Crippen molar-refractivity contribution < 1.29 is 4.42 Å². The first kappa shape index (κ1) is 11.1. The van der Waals surface area contributed by atoms with E-state index in [-0.39, 0.29) is 0 Å². The van der Waals surface area contributed by atoms with Crippen molar-refractivity contribution in [1.82, 2.24) is 0 Å². The van der Waals surface area contributed by atoms with Crippen molar-refractivity contribution in [2.45, 2.75) is 13.5 Å². The normalized spacial score (nSPS) is 11.3. The van der Waals surface area contributed by atoms with Gasteiger partial charge in [0.2, 0.25) is 0 Å². The van der Waals surface area contributed by atoms with E-state index < -0.39 is 0 Å². The van der Waals surface area contributed by atoms with Crippen LogP contribution in [0.15, 0.2) is 10.5 Å². The van der Waals surface area contributed by atoms with Crippen LogP contribution in [-0.2, 0) is 6.54 Å². The van der Waals surface area contributed by atoms with Gasteiger partial charge in [0, 0.05) is 10.9 Å². The van der Waals surface area contributed by atoms with E-state index in [4.69, 9.17) is 45.0 Å². The molecule has 0 aliphatic carbocycles. The Labute approximate surface area is 102 Å². The number of fused-ring (bicyclic) bond motifs is 1. The van der Waals surface area contributed by atoms with Crippen LogP contribution >= 0.6 is 34.8 Å². The van der Waals surface area contributed by atoms with E-state index in [1.165, 1.54) is 0 Å². The fourth-order valence-electron chi connectivity index (χ4n) is 1.55. The summed E-state index contributed by atoms with van der Waals surface area (Å²) in [7, 11) is 0. The molecule has 2 N–H and O–H groups in total. The predicted molar refractivity (Wildman–Crippen MR) is 63.9 cm³/mol. The lowest BCUT2D eigenvalue weighted by Gasteiger charge is -1.99. The van der Waals surface area contributed by atoms with E-state index in [9.17, 15) is 0 Å². The summed E-state index contributed by atoms with van der Waals surface area (Å²) in [5.41, 5.74) is 6.98. The smallest absolute Gasteiger partial charge is 0.154 e. The third kappa shape index (κ3) is 1.62. The van der Waals surface area contributed by atoms with Crippen LogP contribution in [0.1, 0.15) is 11.3 Å². The van der Waals surface area contributed by atoms with Gasteiger partial charge in [0.1, 0.15) is 5.76 Å². The van der Waals surface area contributed by atoms with Crippen molar-refractivity contribution in [2.24, 2.45) is 5.73 Å². The Hall–Kier alpha value is -0.410. The number of furan rings is 1. The van der Waals surface area contributed by atoms with Gasteiger partial charge < -0.3 is 10.2 Å². The van der Waals surface area contributed by atoms with Crippen LogP contribution in [0.3, 0.4) is 0 Å². The van der Waals surface area contributed by atoms with E-state index in [0.717, 1.165) is 10.9 Å². The third-order valence-corrected chi connectivity index (χ3v) is 3.40. The van der Waals surface area contributed by atoms with Gasteiger partial charge in [0.15, 0.2) is 5.58 Å². The van der Waals surface area contributed by atoms with Gasteiger partial charge in [0.25, 0.3) is 0 Å². The van der Waals surface area contributed by atoms with Crippen molar-refractivity contribution in [3.8, 4) is 0 Å². The minimum absolute atomic E-state index is 0.310. The first-order valence-corrected chi connectivity index (χ1v) is 5.45. The standard InChI is InChI=1S/C10H8Cl3NO/c1-4-7(3-14)15-10-6(12)2-5(11)9(13)8(4)10/h2H,3,14H2,1H3. The molecule has 2 nitrogen and oxygen atoms in total. The number of hydrogen-bond acceptors (Lipinski definition) is 2. The molecule has 5 heteroatoms. The van der Waals surface area contributed by atoms with Crippen molar-refractivity contribution in [3.05, 3.63) is 32.5 Å². The summed E-state index contributed by atoms with van der Waals surface area (Å²) >= 11 is 18.0. The molecule has 0 spiro atoms. The lowest BCUT2D eigenvalue weighted by molar-refractivity contribution is 0.549. The second kappa shape index (κ2) is 3.87. The van der Waals surface area contributed by atoms with Gasteiger partial charge >= 0.3 is 0 Å². The van der Waals surface area contributed by atoms with Crippen LogP contribution in [0.4, 0.5) is 0 Å². The third-order valence-electron chi connectivity index (χ3n) is 2.33. The summed E-state index contributed by atoms with van der Waals surface area (Å²) in [4.78, 5) is 0. The molecular formula is C10H8Cl3NO. The fourth-order valence-corrected chi connectivity index (χ4v) is 2.33. The molecule has 0 saturated heterocycles. The van der Waals surface area contributed by atoms with E-state index >= 15 is 0 Å². The summed E-state index contributed by atoms with van der Waals surface area (Å²) in [6, 6.07) is 1.57. The second-order valence-corrected chi connectivity index (χ2v) is 4.41. The first-order chi connectivity index (χ1) is 7.06. The SMILES string of the molecule is Cc1c(CN)oc2c(Cl)cc(Cl)c(Cl)c12. The molecule has 0 saturated carbocycles. The zero-order chi connectivity index (χ0) is 11.2. The molecule has 15 heavy (non-hydrogen) atoms. The highest BCUT2D eigenvalue weighted by atomic mass is 35.5. The fraction of sp³-hybridized carbons (Fsp3) is 0.200. The maximum Gasteiger partial charge on any atom is 0.154 e. The summed E-state index contributed by atoms with van der Waals surface area (Å²) < 4.78 is 5.51. The Kier molecular flexibility index (Phi) is 2.86. The number of benzene rings is 1. The summed E-state index contributed by atoms with van der Waals surface area (Å²) in [5.74, 6) is 0.677. The molecule has 0 atom stereocenters. The van der Waals surface area contributed by atoms with E-state index in [0.29, 0.717) is 33.0 Å². The Morgan fingerprint density at radius 3 is 2.53 bits per heavy atom. The molecule has 2 rings (SSSR count). The molecule has 1 aromatic heterocycles. The van der Waals surface area contributed by atoms with Crippen molar-refractivity contribution in [2.75, 3.05) is 0 Å². The molecule has 1 heterocycles. The first-order valence-electron chi connectivity index (χ1n) is 4.31. The number of halogens is 3. The van der Waals surface area contributed by atoms with Crippen LogP contribution in [0.5, 0.6) is 0 Å². The van der Waals surface area contributed by atoms with Gasteiger partial charge in [0.05, 0.1) is 21.6 Å². The topological polar surface area (TPSA) is 39.2 Å². The Morgan fingerprint density at radius 1 is 1.27 bits per heavy atom. The lowest BCUT2D eigenvalue weighted by Crippen LogP contribution is -1.95. The van der Waals surface area contributed by atoms with Gasteiger partial charge in [-0.15, -0.1) is 0 Å². The van der Waals surface area contributed by atoms with Gasteiger partial charge in [-0.25, -0.2) is 0 Å². The van der Waals surface area contributed by atoms with Gasteiger partial charge in [-0.05, 0) is 13.0 Å². The van der Waals surface area contributed by atoms with Gasteiger partial charge in [-0.1, -0.05) is 34.8 Å². The maximum absolute atomic E-state index is 6.08. The summed E-state index contributed by atoms with van der Waals surface area (Å²) in [6.45, 7) is 2.19. The molecule has 0 aliphatic rings. The summed E-state index contributed by atoms with van der Waals surface area (Å²) in [6.07, 6.45) is 0. The van der Waals surface area contributed by atoms with Crippen molar-refractivity contribution >= 4 is 45.8 Å². The number of hydrogen-bond donors (Lipinski definition) is 1. The van der Waals surface area contributed by atoms with E-state index in [1.54, 1.807) is 6.07 Å². The van der Waals surface area contributed by atoms with E-state index in [2.05, 4.69) is 0 Å². The highest BCUT2D eigenvalue weighted by Gasteiger charge is 2.17. The monoisotopic (exact) mass is 263 g/mol. The van der Waals surface area contributed by atoms with Crippen LogP contribution in [-0.4, -0.2) is 0 Å². The molecule has 80 valence electrons. The molecule has 0 unspecified atom stereocenters. The molecule has 0 radical (unpaired) electrons. The molecule has 0 aliphatic heterocycles. The van der Waals surface area contributed by atoms with Crippen LogP contribution in [0.2, 0.25) is 15.1 Å². The van der Waals surface area contributed by atoms with Crippen LogP contribution in [0.25, 0.3) is 11.0 Å². The summed E-state index contributed by atoms with van der Waals surface area (Å²) in [5, 5.41) is 2.07. The maximum atomic E-state index is 6.08. The Morgan fingerprint density at radius 2 is 1.93 bits per heavy atom. The molecular weight excluding hydrogens is 256 g/mol. The minimum atomic E-state index is 0.310. The predicted octanol–water partition coefficient (Wildman–Crippen LogP) is 4.16. The molecule has 0 bridgehead atoms. The Bertz CT molecular complexity index is 533. The van der Waals surface area contributed by atoms with Gasteiger partial charge in [-0.3, -0.25) is 0 Å². The number of nitrogens with two attached hydrogens (primary N) is 1. The van der Waals surface area contributed by atoms with Crippen LogP contribution < -0.4 is 5.73 Å². The van der Waals surface area contributed by atoms with E-state index in [1.807, 2.05) is 6.92 Å². The molecule has 0 amide bonds. The number of rotatable bonds is 1. The lowest BCUT2D eigenvalue weighted by atomic mass is 10.1. The average molecular weight is 265 g/mol. The van der Waals surface area contributed by atoms with Crippen molar-refractivity contribution in [1.29, 1.82) is 0 Å². The van der Waals surface area contributed by atoms with Crippen LogP contribution in [0, 0.1) is 6.92 Å². The zero-order valence-corrected chi connectivity index (χ0v) is 10.2. The average Bonchev–Trinajstić information content (AvgIpc) is 2.53. The molecule has 1 aromatic carbocycles. The highest BCUT2D eigenvalue weighted by molar-refractivity contribution is 6.47. The highest BCUT2D eigenvalue weighted by Crippen LogP contribution is 2.40. The quantitative estimate of drug-likeness (QED) is 0.786.